The number of phenols is 1. The number of hydrogen-bond acceptors (Lipinski definition) is 2. The molecule has 0 aliphatic carbocycles. The van der Waals surface area contributed by atoms with Gasteiger partial charge in [0.2, 0.25) is 0 Å². The number of aryl methyl sites for hydroxylation is 1. The quantitative estimate of drug-likeness (QED) is 0.392. The number of pyridine rings is 1. The lowest BCUT2D eigenvalue weighted by Gasteiger charge is -2.15. The molecule has 0 saturated heterocycles. The molecule has 3 nitrogen and oxygen atoms in total. The topological polar surface area (TPSA) is 37.5 Å². The van der Waals surface area contributed by atoms with Crippen LogP contribution < -0.4 is 10.7 Å². The maximum atomic E-state index is 10.7. The molecule has 1 N–H and O–H groups in total. The smallest absolute Gasteiger partial charge is 0.131 e. The van der Waals surface area contributed by atoms with Crippen LogP contribution >= 0.6 is 0 Å². The summed E-state index contributed by atoms with van der Waals surface area (Å²) in [5.41, 5.74) is 1.05. The van der Waals surface area contributed by atoms with Crippen molar-refractivity contribution in [3.8, 4) is 5.75 Å². The molecule has 1 heterocycles. The molecule has 3 heteroatoms. The molecule has 0 amide bonds. The number of aromatic hydroxyl groups is 1. The van der Waals surface area contributed by atoms with Crippen molar-refractivity contribution < 1.29 is 5.11 Å². The lowest BCUT2D eigenvalue weighted by Crippen LogP contribution is -2.34. The highest BCUT2D eigenvalue weighted by molar-refractivity contribution is 6.23. The summed E-state index contributed by atoms with van der Waals surface area (Å²) in [6.07, 6.45) is 0. The molecule has 108 valence electrons. The van der Waals surface area contributed by atoms with Crippen LogP contribution in [0.1, 0.15) is 0 Å². The number of hydrogen-bond donors (Lipinski definition) is 1. The fourth-order valence-electron chi connectivity index (χ4n) is 3.40. The fraction of sp³-hybridized carbons (Fsp3) is 0.105. The van der Waals surface area contributed by atoms with Gasteiger partial charge < -0.3 is 9.67 Å². The first-order valence-electron chi connectivity index (χ1n) is 7.21. The van der Waals surface area contributed by atoms with E-state index in [-0.39, 0.29) is 0 Å². The summed E-state index contributed by atoms with van der Waals surface area (Å²) in [4.78, 5) is 4.48. The van der Waals surface area contributed by atoms with Gasteiger partial charge in [-0.15, -0.1) is 0 Å². The van der Waals surface area contributed by atoms with Gasteiger partial charge in [-0.2, -0.15) is 0 Å². The van der Waals surface area contributed by atoms with Gasteiger partial charge in [-0.1, -0.05) is 43.0 Å². The number of rotatable bonds is 0. The van der Waals surface area contributed by atoms with E-state index in [1.54, 1.807) is 7.05 Å². The Morgan fingerprint density at radius 2 is 1.64 bits per heavy atom. The minimum atomic E-state index is 0.326. The third kappa shape index (κ3) is 1.43. The third-order valence-corrected chi connectivity index (χ3v) is 4.50. The Balaban J connectivity index is 2.59. The van der Waals surface area contributed by atoms with Gasteiger partial charge in [-0.05, 0) is 11.5 Å². The Hall–Kier alpha value is -2.81. The second kappa shape index (κ2) is 4.34. The Morgan fingerprint density at radius 3 is 2.36 bits per heavy atom. The Bertz CT molecular complexity index is 1170. The molecule has 0 aliphatic heterocycles. The van der Waals surface area contributed by atoms with Crippen molar-refractivity contribution in [3.05, 3.63) is 53.2 Å². The molecule has 1 aromatic heterocycles. The van der Waals surface area contributed by atoms with Gasteiger partial charge in [0.1, 0.15) is 5.75 Å². The molecule has 0 saturated carbocycles. The molecule has 4 aromatic rings. The van der Waals surface area contributed by atoms with Crippen LogP contribution in [0.15, 0.2) is 47.5 Å². The van der Waals surface area contributed by atoms with Crippen LogP contribution in [-0.2, 0) is 7.05 Å². The molecule has 0 bridgehead atoms. The third-order valence-electron chi connectivity index (χ3n) is 4.50. The summed E-state index contributed by atoms with van der Waals surface area (Å²) in [6, 6.07) is 13.9. The first-order chi connectivity index (χ1) is 10.6. The molecule has 3 aromatic carbocycles. The van der Waals surface area contributed by atoms with Crippen molar-refractivity contribution in [2.24, 2.45) is 12.0 Å². The van der Waals surface area contributed by atoms with Crippen LogP contribution in [-0.4, -0.2) is 16.7 Å². The minimum absolute atomic E-state index is 0.326. The van der Waals surface area contributed by atoms with Crippen molar-refractivity contribution in [1.82, 2.24) is 4.57 Å². The van der Waals surface area contributed by atoms with E-state index in [0.29, 0.717) is 5.75 Å². The normalized spacial score (nSPS) is 12.7. The van der Waals surface area contributed by atoms with Crippen LogP contribution in [0.25, 0.3) is 39.0 Å². The first-order valence-corrected chi connectivity index (χ1v) is 7.21. The first kappa shape index (κ1) is 12.9. The zero-order valence-corrected chi connectivity index (χ0v) is 12.6. The summed E-state index contributed by atoms with van der Waals surface area (Å²) in [6.45, 7) is 4.20. The second-order valence-corrected chi connectivity index (χ2v) is 5.55. The molecule has 0 spiro atoms. The Kier molecular flexibility index (Phi) is 2.54. The van der Waals surface area contributed by atoms with Gasteiger partial charge in [-0.25, -0.2) is 0 Å². The predicted molar refractivity (Wildman–Crippen MR) is 91.8 cm³/mol. The molecule has 22 heavy (non-hydrogen) atoms. The lowest BCUT2D eigenvalue weighted by atomic mass is 9.95. The minimum Gasteiger partial charge on any atom is -0.507 e. The van der Waals surface area contributed by atoms with Crippen LogP contribution in [0.3, 0.4) is 0 Å². The zero-order chi connectivity index (χ0) is 15.4. The van der Waals surface area contributed by atoms with E-state index in [0.717, 1.165) is 43.2 Å². The summed E-state index contributed by atoms with van der Waals surface area (Å²) in [7, 11) is 3.77. The zero-order valence-electron chi connectivity index (χ0n) is 12.6. The van der Waals surface area contributed by atoms with E-state index in [9.17, 15) is 5.11 Å². The highest BCUT2D eigenvalue weighted by atomic mass is 16.3. The summed E-state index contributed by atoms with van der Waals surface area (Å²) in [5.74, 6) is 0.326. The maximum absolute atomic E-state index is 10.7. The van der Waals surface area contributed by atoms with Gasteiger partial charge in [0.15, 0.2) is 0 Å². The van der Waals surface area contributed by atoms with Crippen LogP contribution in [0.5, 0.6) is 5.75 Å². The molecule has 0 aliphatic rings. The Morgan fingerprint density at radius 1 is 0.955 bits per heavy atom. The summed E-state index contributed by atoms with van der Waals surface area (Å²) < 4.78 is 2.03. The molecule has 0 radical (unpaired) electrons. The van der Waals surface area contributed by atoms with Crippen molar-refractivity contribution in [2.75, 3.05) is 7.05 Å². The number of aromatic nitrogens is 1. The second-order valence-electron chi connectivity index (χ2n) is 5.55. The van der Waals surface area contributed by atoms with Gasteiger partial charge in [0.05, 0.1) is 10.7 Å². The van der Waals surface area contributed by atoms with Crippen molar-refractivity contribution in [2.45, 2.75) is 0 Å². The standard InChI is InChI=1S/C19H16N2O/c1-11-18(20-2)17-12-7-4-5-8-13(12)19(22)14-9-6-10-15(16(14)17)21(11)3/h4-10,22H,1H2,2-3H3. The van der Waals surface area contributed by atoms with E-state index in [4.69, 9.17) is 0 Å². The van der Waals surface area contributed by atoms with Gasteiger partial charge in [0.25, 0.3) is 0 Å². The van der Waals surface area contributed by atoms with E-state index < -0.39 is 0 Å². The van der Waals surface area contributed by atoms with Crippen LogP contribution in [0, 0.1) is 0 Å². The summed E-state index contributed by atoms with van der Waals surface area (Å²) >= 11 is 0. The predicted octanol–water partition coefficient (Wildman–Crippen LogP) is 2.85. The van der Waals surface area contributed by atoms with Crippen molar-refractivity contribution in [3.63, 3.8) is 0 Å². The summed E-state index contributed by atoms with van der Waals surface area (Å²) in [5, 5.41) is 17.3. The van der Waals surface area contributed by atoms with E-state index in [1.807, 2.05) is 48.0 Å². The van der Waals surface area contributed by atoms with Crippen LogP contribution in [0.2, 0.25) is 0 Å². The van der Waals surface area contributed by atoms with Gasteiger partial charge in [0, 0.05) is 41.2 Å². The molecular formula is C19H16N2O. The number of nitrogens with zero attached hydrogens (tertiary/aromatic N) is 2. The van der Waals surface area contributed by atoms with Crippen LogP contribution in [0.4, 0.5) is 0 Å². The van der Waals surface area contributed by atoms with E-state index >= 15 is 0 Å². The average molecular weight is 288 g/mol. The van der Waals surface area contributed by atoms with Gasteiger partial charge >= 0.3 is 0 Å². The number of benzene rings is 3. The monoisotopic (exact) mass is 288 g/mol. The van der Waals surface area contributed by atoms with Crippen molar-refractivity contribution >= 4 is 39.0 Å². The highest BCUT2D eigenvalue weighted by Gasteiger charge is 2.15. The number of fused-ring (bicyclic) bond motifs is 2. The molecule has 0 atom stereocenters. The SMILES string of the molecule is C=c1c(=NC)c2c3ccccc3c(O)c3cccc(c32)n1C. The van der Waals surface area contributed by atoms with Crippen molar-refractivity contribution in [1.29, 1.82) is 0 Å². The molecule has 0 unspecified atom stereocenters. The molecular weight excluding hydrogens is 272 g/mol. The highest BCUT2D eigenvalue weighted by Crippen LogP contribution is 2.38. The van der Waals surface area contributed by atoms with Gasteiger partial charge in [-0.3, -0.25) is 4.99 Å². The maximum Gasteiger partial charge on any atom is 0.131 e. The number of phenolic OH excluding ortho intramolecular Hbond substituents is 1. The fourth-order valence-corrected chi connectivity index (χ4v) is 3.40. The average Bonchev–Trinajstić information content (AvgIpc) is 2.56. The largest absolute Gasteiger partial charge is 0.507 e. The van der Waals surface area contributed by atoms with E-state index in [2.05, 4.69) is 17.6 Å². The molecule has 0 fully saturated rings. The lowest BCUT2D eigenvalue weighted by molar-refractivity contribution is 0.488. The van der Waals surface area contributed by atoms with E-state index in [1.165, 1.54) is 0 Å². The Labute approximate surface area is 127 Å². The molecule has 4 rings (SSSR count).